The molecule has 1 amide bonds. The van der Waals surface area contributed by atoms with Gasteiger partial charge in [0.15, 0.2) is 6.54 Å². The quantitative estimate of drug-likeness (QED) is 0.690. The lowest BCUT2D eigenvalue weighted by Gasteiger charge is -2.32. The average molecular weight is 390 g/mol. The van der Waals surface area contributed by atoms with Gasteiger partial charge in [0.05, 0.1) is 17.5 Å². The fourth-order valence-electron chi connectivity index (χ4n) is 3.56. The van der Waals surface area contributed by atoms with Crippen molar-refractivity contribution in [1.29, 1.82) is 0 Å². The Bertz CT molecular complexity index is 823. The maximum atomic E-state index is 12.7. The lowest BCUT2D eigenvalue weighted by atomic mass is 9.98. The molecule has 25 heavy (non-hydrogen) atoms. The van der Waals surface area contributed by atoms with E-state index in [1.165, 1.54) is 25.1 Å². The number of carbonyl (C=O) groups excluding carboxylic acids is 1. The molecule has 0 spiro atoms. The van der Waals surface area contributed by atoms with Crippen molar-refractivity contribution in [3.05, 3.63) is 66.7 Å². The molecule has 0 fully saturated rings. The topological polar surface area (TPSA) is 33.5 Å². The Hall–Kier alpha value is -1.47. The van der Waals surface area contributed by atoms with Gasteiger partial charge in [0, 0.05) is 21.7 Å². The van der Waals surface area contributed by atoms with Crippen LogP contribution in [0, 0.1) is 0 Å². The Morgan fingerprint density at radius 2 is 2.04 bits per heavy atom. The zero-order valence-corrected chi connectivity index (χ0v) is 16.5. The van der Waals surface area contributed by atoms with E-state index in [4.69, 9.17) is 0 Å². The van der Waals surface area contributed by atoms with Gasteiger partial charge in [0.1, 0.15) is 6.04 Å². The van der Waals surface area contributed by atoms with Gasteiger partial charge in [-0.15, -0.1) is 34.0 Å². The number of rotatable bonds is 5. The minimum atomic E-state index is 0.0774. The second kappa shape index (κ2) is 7.41. The van der Waals surface area contributed by atoms with Crippen molar-refractivity contribution in [3.63, 3.8) is 0 Å². The van der Waals surface area contributed by atoms with Gasteiger partial charge < -0.3 is 10.2 Å². The first-order chi connectivity index (χ1) is 12.2. The zero-order chi connectivity index (χ0) is 17.2. The molecule has 3 atom stereocenters. The van der Waals surface area contributed by atoms with Crippen LogP contribution in [0.1, 0.15) is 39.2 Å². The predicted molar refractivity (Wildman–Crippen MR) is 106 cm³/mol. The highest BCUT2D eigenvalue weighted by atomic mass is 32.1. The van der Waals surface area contributed by atoms with Crippen LogP contribution in [0.3, 0.4) is 0 Å². The molecule has 3 aromatic heterocycles. The summed E-state index contributed by atoms with van der Waals surface area (Å²) in [4.78, 5) is 18.1. The monoisotopic (exact) mass is 389 g/mol. The smallest absolute Gasteiger partial charge is 0.275 e. The summed E-state index contributed by atoms with van der Waals surface area (Å²) in [7, 11) is 0. The molecule has 1 unspecified atom stereocenters. The number of fused-ring (bicyclic) bond motifs is 1. The van der Waals surface area contributed by atoms with Gasteiger partial charge in [-0.3, -0.25) is 4.79 Å². The third kappa shape index (κ3) is 3.58. The van der Waals surface area contributed by atoms with Gasteiger partial charge in [-0.1, -0.05) is 12.1 Å². The molecule has 0 saturated carbocycles. The average Bonchev–Trinajstić information content (AvgIpc) is 3.35. The first-order valence-corrected chi connectivity index (χ1v) is 11.1. The minimum absolute atomic E-state index is 0.0774. The van der Waals surface area contributed by atoms with Crippen LogP contribution in [0.25, 0.3) is 0 Å². The Morgan fingerprint density at radius 3 is 2.80 bits per heavy atom. The van der Waals surface area contributed by atoms with Crippen LogP contribution in [-0.2, 0) is 11.2 Å². The van der Waals surface area contributed by atoms with E-state index in [1.807, 2.05) is 17.4 Å². The van der Waals surface area contributed by atoms with Gasteiger partial charge in [-0.2, -0.15) is 0 Å². The lowest BCUT2D eigenvalue weighted by molar-refractivity contribution is -0.919. The normalized spacial score (nSPS) is 20.8. The Balaban J connectivity index is 1.50. The van der Waals surface area contributed by atoms with Crippen LogP contribution < -0.4 is 10.2 Å². The van der Waals surface area contributed by atoms with E-state index in [0.29, 0.717) is 6.54 Å². The van der Waals surface area contributed by atoms with Crippen molar-refractivity contribution >= 4 is 39.9 Å². The summed E-state index contributed by atoms with van der Waals surface area (Å²) < 4.78 is 0. The third-order valence-electron chi connectivity index (χ3n) is 4.74. The van der Waals surface area contributed by atoms with Crippen LogP contribution in [0.5, 0.6) is 0 Å². The van der Waals surface area contributed by atoms with Crippen LogP contribution >= 0.6 is 34.0 Å². The van der Waals surface area contributed by atoms with E-state index in [9.17, 15) is 4.79 Å². The van der Waals surface area contributed by atoms with Gasteiger partial charge >= 0.3 is 0 Å². The lowest BCUT2D eigenvalue weighted by Crippen LogP contribution is -3.14. The first-order valence-electron chi connectivity index (χ1n) is 8.49. The maximum absolute atomic E-state index is 12.7. The van der Waals surface area contributed by atoms with Crippen molar-refractivity contribution in [3.8, 4) is 0 Å². The van der Waals surface area contributed by atoms with Crippen molar-refractivity contribution in [2.45, 2.75) is 25.4 Å². The molecule has 4 rings (SSSR count). The summed E-state index contributed by atoms with van der Waals surface area (Å²) >= 11 is 5.33. The fourth-order valence-corrected chi connectivity index (χ4v) is 6.11. The van der Waals surface area contributed by atoms with Crippen LogP contribution in [0.15, 0.2) is 46.5 Å². The standard InChI is InChI=1S/C19H20N2OS3/c1-13(15-4-2-9-23-15)20-18(22)12-21-8-6-16-14(7-11-25-16)19(21)17-5-3-10-24-17/h2-5,7,9-11,13,19H,6,8,12H2,1H3,(H,20,22)/p+1/t13-,19+/m0/s1. The van der Waals surface area contributed by atoms with E-state index < -0.39 is 0 Å². The molecule has 0 aromatic carbocycles. The Kier molecular flexibility index (Phi) is 5.03. The number of nitrogens with one attached hydrogen (secondary N) is 2. The summed E-state index contributed by atoms with van der Waals surface area (Å²) in [5.74, 6) is 0.135. The Morgan fingerprint density at radius 1 is 1.20 bits per heavy atom. The van der Waals surface area contributed by atoms with Gasteiger partial charge in [-0.25, -0.2) is 0 Å². The van der Waals surface area contributed by atoms with E-state index in [-0.39, 0.29) is 18.0 Å². The SMILES string of the molecule is C[C@H](NC(=O)C[NH+]1CCc2sccc2[C@@H]1c1cccs1)c1cccs1. The molecule has 0 bridgehead atoms. The molecule has 3 nitrogen and oxygen atoms in total. The first kappa shape index (κ1) is 17.0. The molecule has 2 N–H and O–H groups in total. The molecule has 0 radical (unpaired) electrons. The van der Waals surface area contributed by atoms with Crippen molar-refractivity contribution < 1.29 is 9.69 Å². The number of thiophene rings is 3. The molecule has 4 heterocycles. The summed E-state index contributed by atoms with van der Waals surface area (Å²) in [6, 6.07) is 11.0. The van der Waals surface area contributed by atoms with Crippen molar-refractivity contribution in [1.82, 2.24) is 5.32 Å². The predicted octanol–water partition coefficient (Wildman–Crippen LogP) is 3.28. The largest absolute Gasteiger partial charge is 0.344 e. The number of amides is 1. The van der Waals surface area contributed by atoms with Gasteiger partial charge in [-0.05, 0) is 41.3 Å². The van der Waals surface area contributed by atoms with Crippen LogP contribution in [-0.4, -0.2) is 19.0 Å². The van der Waals surface area contributed by atoms with E-state index in [1.54, 1.807) is 22.7 Å². The highest BCUT2D eigenvalue weighted by Crippen LogP contribution is 2.31. The van der Waals surface area contributed by atoms with Gasteiger partial charge in [0.2, 0.25) is 0 Å². The van der Waals surface area contributed by atoms with Crippen LogP contribution in [0.2, 0.25) is 0 Å². The second-order valence-electron chi connectivity index (χ2n) is 6.39. The number of hydrogen-bond acceptors (Lipinski definition) is 4. The van der Waals surface area contributed by atoms with E-state index in [0.717, 1.165) is 13.0 Å². The molecule has 6 heteroatoms. The number of carbonyl (C=O) groups is 1. The maximum Gasteiger partial charge on any atom is 0.275 e. The fraction of sp³-hybridized carbons (Fsp3) is 0.316. The van der Waals surface area contributed by atoms with E-state index >= 15 is 0 Å². The summed E-state index contributed by atoms with van der Waals surface area (Å²) in [5.41, 5.74) is 1.41. The molecule has 1 aliphatic rings. The number of quaternary nitrogens is 1. The molecule has 3 aromatic rings. The van der Waals surface area contributed by atoms with E-state index in [2.05, 4.69) is 52.6 Å². The van der Waals surface area contributed by atoms with Gasteiger partial charge in [0.25, 0.3) is 5.91 Å². The molecule has 0 saturated heterocycles. The van der Waals surface area contributed by atoms with Crippen molar-refractivity contribution in [2.75, 3.05) is 13.1 Å². The highest BCUT2D eigenvalue weighted by Gasteiger charge is 2.35. The third-order valence-corrected chi connectivity index (χ3v) is 7.72. The summed E-state index contributed by atoms with van der Waals surface area (Å²) in [6.07, 6.45) is 1.07. The summed E-state index contributed by atoms with van der Waals surface area (Å²) in [6.45, 7) is 3.59. The minimum Gasteiger partial charge on any atom is -0.344 e. The second-order valence-corrected chi connectivity index (χ2v) is 9.35. The molecule has 1 aliphatic heterocycles. The molecule has 130 valence electrons. The molecule has 0 aliphatic carbocycles. The highest BCUT2D eigenvalue weighted by molar-refractivity contribution is 7.10. The summed E-state index contributed by atoms with van der Waals surface area (Å²) in [5, 5.41) is 9.54. The van der Waals surface area contributed by atoms with Crippen LogP contribution in [0.4, 0.5) is 0 Å². The Labute approximate surface area is 159 Å². The van der Waals surface area contributed by atoms with Crippen molar-refractivity contribution in [2.24, 2.45) is 0 Å². The molecular weight excluding hydrogens is 368 g/mol. The number of hydrogen-bond donors (Lipinski definition) is 2. The molecular formula is C19H21N2OS3+. The zero-order valence-electron chi connectivity index (χ0n) is 14.0.